The SMILES string of the molecule is Cc1cc(C(=O)N[C@@H]2CCCc3[nH]c(=O)ccc32)c2ccccc2n1. The van der Waals surface area contributed by atoms with Gasteiger partial charge in [-0.3, -0.25) is 14.6 Å². The fourth-order valence-electron chi connectivity index (χ4n) is 3.58. The van der Waals surface area contributed by atoms with E-state index in [1.807, 2.05) is 43.3 Å². The highest BCUT2D eigenvalue weighted by Gasteiger charge is 2.23. The minimum atomic E-state index is -0.106. The third-order valence-corrected chi connectivity index (χ3v) is 4.73. The second-order valence-corrected chi connectivity index (χ2v) is 6.50. The fourth-order valence-corrected chi connectivity index (χ4v) is 3.58. The van der Waals surface area contributed by atoms with Crippen LogP contribution in [0.5, 0.6) is 0 Å². The molecular weight excluding hydrogens is 314 g/mol. The van der Waals surface area contributed by atoms with Crippen LogP contribution in [0, 0.1) is 6.92 Å². The van der Waals surface area contributed by atoms with Crippen molar-refractivity contribution in [1.82, 2.24) is 15.3 Å². The molecule has 2 heterocycles. The minimum absolute atomic E-state index is 0.0830. The Morgan fingerprint density at radius 2 is 2.08 bits per heavy atom. The van der Waals surface area contributed by atoms with Crippen LogP contribution in [0.1, 0.15) is 46.2 Å². The zero-order valence-corrected chi connectivity index (χ0v) is 14.0. The number of aromatic amines is 1. The number of aryl methyl sites for hydroxylation is 2. The quantitative estimate of drug-likeness (QED) is 0.757. The molecule has 0 bridgehead atoms. The largest absolute Gasteiger partial charge is 0.345 e. The molecule has 0 aliphatic heterocycles. The number of nitrogens with one attached hydrogen (secondary N) is 2. The minimum Gasteiger partial charge on any atom is -0.345 e. The van der Waals surface area contributed by atoms with Crippen molar-refractivity contribution >= 4 is 16.8 Å². The molecule has 1 aliphatic carbocycles. The van der Waals surface area contributed by atoms with Crippen molar-refractivity contribution in [3.8, 4) is 0 Å². The van der Waals surface area contributed by atoms with Gasteiger partial charge in [-0.1, -0.05) is 18.2 Å². The Bertz CT molecular complexity index is 1020. The van der Waals surface area contributed by atoms with E-state index in [1.54, 1.807) is 0 Å². The van der Waals surface area contributed by atoms with Gasteiger partial charge >= 0.3 is 0 Å². The van der Waals surface area contributed by atoms with E-state index in [4.69, 9.17) is 0 Å². The molecule has 4 rings (SSSR count). The van der Waals surface area contributed by atoms with Crippen molar-refractivity contribution in [2.45, 2.75) is 32.2 Å². The summed E-state index contributed by atoms with van der Waals surface area (Å²) in [5.74, 6) is -0.106. The van der Waals surface area contributed by atoms with Crippen molar-refractivity contribution < 1.29 is 4.79 Å². The molecule has 0 unspecified atom stereocenters. The van der Waals surface area contributed by atoms with Gasteiger partial charge in [0.15, 0.2) is 0 Å². The number of benzene rings is 1. The molecular formula is C20H19N3O2. The Morgan fingerprint density at radius 1 is 1.24 bits per heavy atom. The van der Waals surface area contributed by atoms with Gasteiger partial charge in [0.2, 0.25) is 5.56 Å². The summed E-state index contributed by atoms with van der Waals surface area (Å²) >= 11 is 0. The predicted molar refractivity (Wildman–Crippen MR) is 96.7 cm³/mol. The summed E-state index contributed by atoms with van der Waals surface area (Å²) in [6, 6.07) is 12.8. The van der Waals surface area contributed by atoms with E-state index in [0.29, 0.717) is 5.56 Å². The van der Waals surface area contributed by atoms with Gasteiger partial charge in [0.1, 0.15) is 0 Å². The van der Waals surface area contributed by atoms with Crippen molar-refractivity contribution in [1.29, 1.82) is 0 Å². The van der Waals surface area contributed by atoms with E-state index in [0.717, 1.165) is 47.1 Å². The lowest BCUT2D eigenvalue weighted by atomic mass is 9.91. The third kappa shape index (κ3) is 2.93. The smallest absolute Gasteiger partial charge is 0.252 e. The number of carbonyl (C=O) groups excluding carboxylic acids is 1. The van der Waals surface area contributed by atoms with Crippen molar-refractivity contribution in [3.05, 3.63) is 75.3 Å². The number of hydrogen-bond acceptors (Lipinski definition) is 3. The Kier molecular flexibility index (Phi) is 3.84. The number of fused-ring (bicyclic) bond motifs is 2. The van der Waals surface area contributed by atoms with E-state index in [1.165, 1.54) is 6.07 Å². The van der Waals surface area contributed by atoms with Crippen molar-refractivity contribution in [3.63, 3.8) is 0 Å². The molecule has 0 saturated carbocycles. The number of aromatic nitrogens is 2. The van der Waals surface area contributed by atoms with Crippen LogP contribution in [0.25, 0.3) is 10.9 Å². The Balaban J connectivity index is 1.69. The van der Waals surface area contributed by atoms with Gasteiger partial charge in [-0.2, -0.15) is 0 Å². The number of nitrogens with zero attached hydrogens (tertiary/aromatic N) is 1. The molecule has 3 aromatic rings. The zero-order chi connectivity index (χ0) is 17.4. The van der Waals surface area contributed by atoms with E-state index in [-0.39, 0.29) is 17.5 Å². The van der Waals surface area contributed by atoms with Gasteiger partial charge in [0, 0.05) is 22.8 Å². The summed E-state index contributed by atoms with van der Waals surface area (Å²) in [6.07, 6.45) is 2.65. The molecule has 1 aromatic carbocycles. The number of rotatable bonds is 2. The van der Waals surface area contributed by atoms with Crippen LogP contribution in [0.4, 0.5) is 0 Å². The van der Waals surface area contributed by atoms with Gasteiger partial charge in [0.25, 0.3) is 5.91 Å². The molecule has 5 nitrogen and oxygen atoms in total. The van der Waals surface area contributed by atoms with Gasteiger partial charge in [-0.05, 0) is 49.9 Å². The maximum atomic E-state index is 12.9. The highest BCUT2D eigenvalue weighted by molar-refractivity contribution is 6.06. The first kappa shape index (κ1) is 15.6. The summed E-state index contributed by atoms with van der Waals surface area (Å²) in [6.45, 7) is 1.89. The lowest BCUT2D eigenvalue weighted by Gasteiger charge is -2.26. The van der Waals surface area contributed by atoms with Crippen LogP contribution in [-0.4, -0.2) is 15.9 Å². The summed E-state index contributed by atoms with van der Waals surface area (Å²) in [5.41, 5.74) is 4.12. The monoisotopic (exact) mass is 333 g/mol. The summed E-state index contributed by atoms with van der Waals surface area (Å²) in [4.78, 5) is 31.9. The molecule has 25 heavy (non-hydrogen) atoms. The van der Waals surface area contributed by atoms with Crippen LogP contribution in [0.3, 0.4) is 0 Å². The molecule has 2 aromatic heterocycles. The molecule has 1 amide bonds. The average molecular weight is 333 g/mol. The van der Waals surface area contributed by atoms with Crippen molar-refractivity contribution in [2.75, 3.05) is 0 Å². The Morgan fingerprint density at radius 3 is 2.96 bits per heavy atom. The highest BCUT2D eigenvalue weighted by atomic mass is 16.1. The average Bonchev–Trinajstić information content (AvgIpc) is 2.60. The fraction of sp³-hybridized carbons (Fsp3) is 0.250. The van der Waals surface area contributed by atoms with Crippen LogP contribution in [-0.2, 0) is 6.42 Å². The topological polar surface area (TPSA) is 74.8 Å². The summed E-state index contributed by atoms with van der Waals surface area (Å²) in [5, 5.41) is 3.99. The molecule has 126 valence electrons. The Hall–Kier alpha value is -2.95. The van der Waals surface area contributed by atoms with E-state index in [2.05, 4.69) is 15.3 Å². The number of H-pyrrole nitrogens is 1. The summed E-state index contributed by atoms with van der Waals surface area (Å²) < 4.78 is 0. The Labute approximate surface area is 145 Å². The number of para-hydroxylation sites is 1. The second-order valence-electron chi connectivity index (χ2n) is 6.50. The standard InChI is InChI=1S/C20H19N3O2/c1-12-11-15(13-5-2-3-6-16(13)21-12)20(25)23-18-8-4-7-17-14(18)9-10-19(24)22-17/h2-3,5-6,9-11,18H,4,7-8H2,1H3,(H,22,24)(H,23,25)/t18-/m1/s1. The number of carbonyl (C=O) groups is 1. The van der Waals surface area contributed by atoms with Crippen LogP contribution in [0.2, 0.25) is 0 Å². The first-order chi connectivity index (χ1) is 12.1. The zero-order valence-electron chi connectivity index (χ0n) is 14.0. The van der Waals surface area contributed by atoms with Crippen LogP contribution >= 0.6 is 0 Å². The first-order valence-electron chi connectivity index (χ1n) is 8.51. The molecule has 1 atom stereocenters. The summed E-state index contributed by atoms with van der Waals surface area (Å²) in [7, 11) is 0. The van der Waals surface area contributed by atoms with Crippen LogP contribution < -0.4 is 10.9 Å². The number of amides is 1. The van der Waals surface area contributed by atoms with Gasteiger partial charge in [-0.25, -0.2) is 0 Å². The first-order valence-corrected chi connectivity index (χ1v) is 8.51. The number of hydrogen-bond donors (Lipinski definition) is 2. The van der Waals surface area contributed by atoms with E-state index >= 15 is 0 Å². The molecule has 0 radical (unpaired) electrons. The predicted octanol–water partition coefficient (Wildman–Crippen LogP) is 3.04. The lowest BCUT2D eigenvalue weighted by molar-refractivity contribution is 0.0934. The highest BCUT2D eigenvalue weighted by Crippen LogP contribution is 2.28. The number of pyridine rings is 2. The maximum absolute atomic E-state index is 12.9. The van der Waals surface area contributed by atoms with E-state index < -0.39 is 0 Å². The third-order valence-electron chi connectivity index (χ3n) is 4.73. The molecule has 5 heteroatoms. The van der Waals surface area contributed by atoms with Gasteiger partial charge in [0.05, 0.1) is 17.1 Å². The molecule has 0 spiro atoms. The lowest BCUT2D eigenvalue weighted by Crippen LogP contribution is -2.32. The molecule has 0 saturated heterocycles. The van der Waals surface area contributed by atoms with Crippen molar-refractivity contribution in [2.24, 2.45) is 0 Å². The molecule has 1 aliphatic rings. The molecule has 2 N–H and O–H groups in total. The molecule has 0 fully saturated rings. The van der Waals surface area contributed by atoms with Gasteiger partial charge < -0.3 is 10.3 Å². The second kappa shape index (κ2) is 6.16. The van der Waals surface area contributed by atoms with Gasteiger partial charge in [-0.15, -0.1) is 0 Å². The normalized spacial score (nSPS) is 16.4. The van der Waals surface area contributed by atoms with Crippen LogP contribution in [0.15, 0.2) is 47.3 Å². The van der Waals surface area contributed by atoms with E-state index in [9.17, 15) is 9.59 Å². The maximum Gasteiger partial charge on any atom is 0.252 e.